The Labute approximate surface area is 161 Å². The molecule has 3 rings (SSSR count). The van der Waals surface area contributed by atoms with Gasteiger partial charge in [-0.1, -0.05) is 66.1 Å². The van der Waals surface area contributed by atoms with Crippen molar-refractivity contribution in [1.29, 1.82) is 0 Å². The van der Waals surface area contributed by atoms with Crippen LogP contribution in [-0.4, -0.2) is 42.2 Å². The summed E-state index contributed by atoms with van der Waals surface area (Å²) in [6.45, 7) is 7.00. The highest BCUT2D eigenvalue weighted by molar-refractivity contribution is 5.85. The zero-order valence-corrected chi connectivity index (χ0v) is 16.3. The molecule has 1 aliphatic heterocycles. The van der Waals surface area contributed by atoms with E-state index in [1.807, 2.05) is 50.2 Å². The molecule has 1 aliphatic rings. The van der Waals surface area contributed by atoms with Crippen LogP contribution in [0.4, 0.5) is 0 Å². The molecular weight excluding hydrogens is 338 g/mol. The van der Waals surface area contributed by atoms with Gasteiger partial charge in [-0.2, -0.15) is 0 Å². The Bertz CT molecular complexity index is 735. The molecule has 0 atom stereocenters. The SMILES string of the molecule is Cc1cccc(C(O)(C(=O)OCCN2CCCCC2)c2cccc(C)c2)c1. The van der Waals surface area contributed by atoms with Crippen molar-refractivity contribution in [2.45, 2.75) is 38.7 Å². The summed E-state index contributed by atoms with van der Waals surface area (Å²) in [5.41, 5.74) is 1.24. The van der Waals surface area contributed by atoms with Gasteiger partial charge in [-0.15, -0.1) is 0 Å². The molecule has 27 heavy (non-hydrogen) atoms. The van der Waals surface area contributed by atoms with E-state index in [2.05, 4.69) is 4.90 Å². The zero-order valence-electron chi connectivity index (χ0n) is 16.3. The van der Waals surface area contributed by atoms with Gasteiger partial charge < -0.3 is 9.84 Å². The molecule has 144 valence electrons. The number of aryl methyl sites for hydroxylation is 2. The second kappa shape index (κ2) is 8.68. The fraction of sp³-hybridized carbons (Fsp3) is 0.435. The molecule has 0 radical (unpaired) electrons. The smallest absolute Gasteiger partial charge is 0.347 e. The third kappa shape index (κ3) is 4.57. The van der Waals surface area contributed by atoms with E-state index in [9.17, 15) is 9.90 Å². The molecule has 0 aromatic heterocycles. The van der Waals surface area contributed by atoms with Crippen molar-refractivity contribution in [3.05, 3.63) is 70.8 Å². The monoisotopic (exact) mass is 367 g/mol. The van der Waals surface area contributed by atoms with Crippen LogP contribution in [0.3, 0.4) is 0 Å². The largest absolute Gasteiger partial charge is 0.462 e. The van der Waals surface area contributed by atoms with Crippen LogP contribution >= 0.6 is 0 Å². The zero-order chi connectivity index (χ0) is 19.3. The lowest BCUT2D eigenvalue weighted by molar-refractivity contribution is -0.162. The summed E-state index contributed by atoms with van der Waals surface area (Å²) in [5.74, 6) is -0.615. The fourth-order valence-corrected chi connectivity index (χ4v) is 3.70. The van der Waals surface area contributed by atoms with Gasteiger partial charge in [0.05, 0.1) is 0 Å². The topological polar surface area (TPSA) is 49.8 Å². The second-order valence-electron chi connectivity index (χ2n) is 7.49. The fourth-order valence-electron chi connectivity index (χ4n) is 3.70. The maximum atomic E-state index is 13.0. The van der Waals surface area contributed by atoms with Gasteiger partial charge in [-0.25, -0.2) is 4.79 Å². The van der Waals surface area contributed by atoms with Crippen LogP contribution in [-0.2, 0) is 15.1 Å². The predicted octanol–water partition coefficient (Wildman–Crippen LogP) is 3.57. The second-order valence-corrected chi connectivity index (χ2v) is 7.49. The lowest BCUT2D eigenvalue weighted by Crippen LogP contribution is -2.40. The average Bonchev–Trinajstić information content (AvgIpc) is 2.68. The van der Waals surface area contributed by atoms with Gasteiger partial charge in [0.25, 0.3) is 0 Å². The van der Waals surface area contributed by atoms with Gasteiger partial charge in [-0.05, 0) is 50.9 Å². The van der Waals surface area contributed by atoms with Gasteiger partial charge >= 0.3 is 5.97 Å². The van der Waals surface area contributed by atoms with E-state index in [-0.39, 0.29) is 0 Å². The van der Waals surface area contributed by atoms with Crippen molar-refractivity contribution in [2.24, 2.45) is 0 Å². The molecule has 2 aromatic rings. The van der Waals surface area contributed by atoms with Crippen molar-refractivity contribution in [2.75, 3.05) is 26.2 Å². The molecule has 0 unspecified atom stereocenters. The predicted molar refractivity (Wildman–Crippen MR) is 107 cm³/mol. The van der Waals surface area contributed by atoms with Crippen molar-refractivity contribution in [3.63, 3.8) is 0 Å². The number of ether oxygens (including phenoxy) is 1. The van der Waals surface area contributed by atoms with Crippen molar-refractivity contribution < 1.29 is 14.6 Å². The van der Waals surface area contributed by atoms with E-state index in [1.54, 1.807) is 12.1 Å². The van der Waals surface area contributed by atoms with Crippen LogP contribution < -0.4 is 0 Å². The van der Waals surface area contributed by atoms with Gasteiger partial charge in [0.2, 0.25) is 5.60 Å². The van der Waals surface area contributed by atoms with E-state index in [4.69, 9.17) is 4.74 Å². The minimum atomic E-state index is -1.81. The van der Waals surface area contributed by atoms with Crippen LogP contribution in [0.25, 0.3) is 0 Å². The average molecular weight is 367 g/mol. The normalized spacial score (nSPS) is 15.5. The first kappa shape index (κ1) is 19.6. The summed E-state index contributed by atoms with van der Waals surface area (Å²) >= 11 is 0. The summed E-state index contributed by atoms with van der Waals surface area (Å²) in [7, 11) is 0. The number of piperidine rings is 1. The number of carbonyl (C=O) groups is 1. The number of aliphatic hydroxyl groups is 1. The number of nitrogens with zero attached hydrogens (tertiary/aromatic N) is 1. The summed E-state index contributed by atoms with van der Waals surface area (Å²) in [4.78, 5) is 15.4. The molecule has 1 fully saturated rings. The summed E-state index contributed by atoms with van der Waals surface area (Å²) in [6.07, 6.45) is 3.67. The highest BCUT2D eigenvalue weighted by atomic mass is 16.5. The van der Waals surface area contributed by atoms with Crippen LogP contribution in [0.5, 0.6) is 0 Å². The number of hydrogen-bond acceptors (Lipinski definition) is 4. The van der Waals surface area contributed by atoms with Crippen LogP contribution in [0.1, 0.15) is 41.5 Å². The summed E-state index contributed by atoms with van der Waals surface area (Å²) in [6, 6.07) is 14.8. The Morgan fingerprint density at radius 2 is 1.56 bits per heavy atom. The molecule has 0 bridgehead atoms. The van der Waals surface area contributed by atoms with Gasteiger partial charge in [-0.3, -0.25) is 4.90 Å². The van der Waals surface area contributed by atoms with E-state index in [0.717, 1.165) is 24.2 Å². The molecule has 0 aliphatic carbocycles. The van der Waals surface area contributed by atoms with Gasteiger partial charge in [0.1, 0.15) is 6.61 Å². The molecule has 1 N–H and O–H groups in total. The molecule has 4 nitrogen and oxygen atoms in total. The quantitative estimate of drug-likeness (QED) is 0.793. The van der Waals surface area contributed by atoms with Crippen LogP contribution in [0.2, 0.25) is 0 Å². The van der Waals surface area contributed by atoms with Crippen molar-refractivity contribution in [3.8, 4) is 0 Å². The summed E-state index contributed by atoms with van der Waals surface area (Å²) < 4.78 is 5.57. The molecule has 4 heteroatoms. The van der Waals surface area contributed by atoms with E-state index in [0.29, 0.717) is 24.3 Å². The number of esters is 1. The Hall–Kier alpha value is -2.17. The lowest BCUT2D eigenvalue weighted by atomic mass is 9.85. The Morgan fingerprint density at radius 3 is 2.07 bits per heavy atom. The Kier molecular flexibility index (Phi) is 6.30. The molecule has 0 amide bonds. The van der Waals surface area contributed by atoms with Crippen molar-refractivity contribution >= 4 is 5.97 Å². The van der Waals surface area contributed by atoms with E-state index in [1.165, 1.54) is 19.3 Å². The maximum Gasteiger partial charge on any atom is 0.347 e. The maximum absolute atomic E-state index is 13.0. The minimum absolute atomic E-state index is 0.290. The first-order valence-electron chi connectivity index (χ1n) is 9.76. The molecule has 1 heterocycles. The number of hydrogen-bond donors (Lipinski definition) is 1. The Morgan fingerprint density at radius 1 is 1.00 bits per heavy atom. The highest BCUT2D eigenvalue weighted by Crippen LogP contribution is 2.32. The minimum Gasteiger partial charge on any atom is -0.462 e. The van der Waals surface area contributed by atoms with E-state index >= 15 is 0 Å². The third-order valence-corrected chi connectivity index (χ3v) is 5.26. The molecular formula is C23H29NO3. The Balaban J connectivity index is 1.82. The molecule has 0 spiro atoms. The third-order valence-electron chi connectivity index (χ3n) is 5.26. The summed E-state index contributed by atoms with van der Waals surface area (Å²) in [5, 5.41) is 11.5. The first-order valence-corrected chi connectivity index (χ1v) is 9.76. The number of likely N-dealkylation sites (tertiary alicyclic amines) is 1. The van der Waals surface area contributed by atoms with Gasteiger partial charge in [0.15, 0.2) is 0 Å². The standard InChI is InChI=1S/C23H29NO3/c1-18-8-6-10-20(16-18)23(26,21-11-7-9-19(2)17-21)22(25)27-15-14-24-12-4-3-5-13-24/h6-11,16-17,26H,3-5,12-15H2,1-2H3. The highest BCUT2D eigenvalue weighted by Gasteiger charge is 2.42. The van der Waals surface area contributed by atoms with Crippen LogP contribution in [0.15, 0.2) is 48.5 Å². The first-order chi connectivity index (χ1) is 13.0. The molecule has 0 saturated carbocycles. The number of rotatable bonds is 6. The molecule has 2 aromatic carbocycles. The van der Waals surface area contributed by atoms with Crippen LogP contribution in [0, 0.1) is 13.8 Å². The molecule has 1 saturated heterocycles. The number of benzene rings is 2. The van der Waals surface area contributed by atoms with Crippen molar-refractivity contribution in [1.82, 2.24) is 4.90 Å². The number of carbonyl (C=O) groups excluding carboxylic acids is 1. The van der Waals surface area contributed by atoms with Gasteiger partial charge in [0, 0.05) is 6.54 Å². The lowest BCUT2D eigenvalue weighted by Gasteiger charge is -2.29. The van der Waals surface area contributed by atoms with E-state index < -0.39 is 11.6 Å².